The van der Waals surface area contributed by atoms with Gasteiger partial charge in [-0.2, -0.15) is 0 Å². The Morgan fingerprint density at radius 1 is 1.18 bits per heavy atom. The van der Waals surface area contributed by atoms with E-state index in [0.717, 1.165) is 29.9 Å². The van der Waals surface area contributed by atoms with E-state index >= 15 is 0 Å². The second kappa shape index (κ2) is 12.7. The van der Waals surface area contributed by atoms with Crippen molar-refractivity contribution in [1.29, 1.82) is 0 Å². The van der Waals surface area contributed by atoms with Crippen LogP contribution in [0.5, 0.6) is 0 Å². The van der Waals surface area contributed by atoms with Crippen LogP contribution in [0.15, 0.2) is 33.7 Å². The number of hydrogen-bond donors (Lipinski definition) is 3. The highest BCUT2D eigenvalue weighted by atomic mass is 127. The summed E-state index contributed by atoms with van der Waals surface area (Å²) in [7, 11) is 0. The van der Waals surface area contributed by atoms with Crippen LogP contribution in [0, 0.1) is 0 Å². The average Bonchev–Trinajstić information content (AvgIpc) is 2.48. The fourth-order valence-corrected chi connectivity index (χ4v) is 2.05. The van der Waals surface area contributed by atoms with E-state index in [1.807, 2.05) is 19.1 Å². The minimum atomic E-state index is -0.0754. The lowest BCUT2D eigenvalue weighted by molar-refractivity contribution is 0.0954. The highest BCUT2D eigenvalue weighted by Gasteiger charge is 2.04. The molecule has 0 spiro atoms. The van der Waals surface area contributed by atoms with Gasteiger partial charge in [0, 0.05) is 36.2 Å². The summed E-state index contributed by atoms with van der Waals surface area (Å²) >= 11 is 3.36. The first-order valence-corrected chi connectivity index (χ1v) is 8.02. The molecule has 1 aromatic carbocycles. The maximum Gasteiger partial charge on any atom is 0.251 e. The van der Waals surface area contributed by atoms with E-state index in [-0.39, 0.29) is 29.9 Å². The van der Waals surface area contributed by atoms with Crippen molar-refractivity contribution in [2.24, 2.45) is 4.99 Å². The molecule has 0 aromatic heterocycles. The summed E-state index contributed by atoms with van der Waals surface area (Å²) in [6, 6.07) is 7.33. The van der Waals surface area contributed by atoms with Crippen molar-refractivity contribution in [2.75, 3.05) is 26.2 Å². The molecule has 0 heterocycles. The molecule has 0 saturated carbocycles. The zero-order valence-electron chi connectivity index (χ0n) is 13.0. The molecule has 1 amide bonds. The standard InChI is InChI=1S/C15H23BrN4O.HI/c1-3-8-19-15(17-4-2)20-10-9-18-14(21)12-6-5-7-13(16)11-12;/h5-7,11H,3-4,8-10H2,1-2H3,(H,18,21)(H2,17,19,20);1H. The maximum atomic E-state index is 11.9. The molecule has 7 heteroatoms. The van der Waals surface area contributed by atoms with Gasteiger partial charge in [-0.25, -0.2) is 0 Å². The molecule has 3 N–H and O–H groups in total. The van der Waals surface area contributed by atoms with E-state index in [4.69, 9.17) is 0 Å². The monoisotopic (exact) mass is 482 g/mol. The number of guanidine groups is 1. The van der Waals surface area contributed by atoms with Gasteiger partial charge in [-0.3, -0.25) is 9.79 Å². The highest BCUT2D eigenvalue weighted by Crippen LogP contribution is 2.11. The van der Waals surface area contributed by atoms with Crippen molar-refractivity contribution in [1.82, 2.24) is 16.0 Å². The molecule has 22 heavy (non-hydrogen) atoms. The average molecular weight is 483 g/mol. The molecule has 0 atom stereocenters. The number of carbonyl (C=O) groups is 1. The molecule has 0 saturated heterocycles. The summed E-state index contributed by atoms with van der Waals surface area (Å²) in [5.74, 6) is 0.713. The van der Waals surface area contributed by atoms with Crippen molar-refractivity contribution < 1.29 is 4.79 Å². The molecule has 0 aliphatic heterocycles. The predicted molar refractivity (Wildman–Crippen MR) is 106 cm³/mol. The number of amides is 1. The molecule has 0 aliphatic carbocycles. The van der Waals surface area contributed by atoms with Gasteiger partial charge in [-0.1, -0.05) is 28.9 Å². The Hall–Kier alpha value is -0.830. The van der Waals surface area contributed by atoms with Gasteiger partial charge < -0.3 is 16.0 Å². The van der Waals surface area contributed by atoms with Gasteiger partial charge in [-0.05, 0) is 31.5 Å². The quantitative estimate of drug-likeness (QED) is 0.242. The zero-order chi connectivity index (χ0) is 15.5. The molecule has 124 valence electrons. The van der Waals surface area contributed by atoms with Crippen LogP contribution in [0.1, 0.15) is 30.6 Å². The first-order valence-electron chi connectivity index (χ1n) is 7.23. The fraction of sp³-hybridized carbons (Fsp3) is 0.467. The molecule has 0 bridgehead atoms. The van der Waals surface area contributed by atoms with Gasteiger partial charge in [0.15, 0.2) is 5.96 Å². The van der Waals surface area contributed by atoms with Crippen LogP contribution in [-0.4, -0.2) is 38.0 Å². The molecular weight excluding hydrogens is 459 g/mol. The lowest BCUT2D eigenvalue weighted by atomic mass is 10.2. The van der Waals surface area contributed by atoms with Crippen LogP contribution in [0.4, 0.5) is 0 Å². The van der Waals surface area contributed by atoms with Crippen molar-refractivity contribution in [2.45, 2.75) is 20.3 Å². The van der Waals surface area contributed by atoms with Gasteiger partial charge in [0.25, 0.3) is 5.91 Å². The molecule has 0 radical (unpaired) electrons. The first-order chi connectivity index (χ1) is 10.2. The van der Waals surface area contributed by atoms with E-state index in [9.17, 15) is 4.79 Å². The number of halogens is 2. The Morgan fingerprint density at radius 3 is 2.55 bits per heavy atom. The second-order valence-corrected chi connectivity index (χ2v) is 5.37. The molecule has 0 fully saturated rings. The Morgan fingerprint density at radius 2 is 1.91 bits per heavy atom. The number of benzene rings is 1. The maximum absolute atomic E-state index is 11.9. The van der Waals surface area contributed by atoms with E-state index in [2.05, 4.69) is 43.8 Å². The van der Waals surface area contributed by atoms with Crippen molar-refractivity contribution in [3.05, 3.63) is 34.3 Å². The Labute approximate surface area is 157 Å². The summed E-state index contributed by atoms with van der Waals surface area (Å²) in [5, 5.41) is 9.23. The Bertz CT molecular complexity index is 482. The lowest BCUT2D eigenvalue weighted by Crippen LogP contribution is -2.41. The highest BCUT2D eigenvalue weighted by molar-refractivity contribution is 14.0. The fourth-order valence-electron chi connectivity index (χ4n) is 1.65. The van der Waals surface area contributed by atoms with Crippen LogP contribution in [-0.2, 0) is 0 Å². The van der Waals surface area contributed by atoms with Gasteiger partial charge in [0.05, 0.1) is 0 Å². The van der Waals surface area contributed by atoms with E-state index < -0.39 is 0 Å². The molecular formula is C15H24BrIN4O. The molecule has 1 aromatic rings. The smallest absolute Gasteiger partial charge is 0.251 e. The number of hydrogen-bond acceptors (Lipinski definition) is 2. The van der Waals surface area contributed by atoms with E-state index in [1.165, 1.54) is 0 Å². The van der Waals surface area contributed by atoms with Gasteiger partial charge in [0.1, 0.15) is 0 Å². The Kier molecular flexibility index (Phi) is 12.2. The van der Waals surface area contributed by atoms with Crippen molar-refractivity contribution in [3.63, 3.8) is 0 Å². The molecule has 0 unspecified atom stereocenters. The Balaban J connectivity index is 0.00000441. The first kappa shape index (κ1) is 21.2. The molecule has 0 aliphatic rings. The van der Waals surface area contributed by atoms with Crippen LogP contribution in [0.2, 0.25) is 0 Å². The number of aliphatic imine (C=N–C) groups is 1. The summed E-state index contributed by atoms with van der Waals surface area (Å²) < 4.78 is 0.898. The number of nitrogens with one attached hydrogen (secondary N) is 3. The summed E-state index contributed by atoms with van der Waals surface area (Å²) in [6.07, 6.45) is 1.01. The number of carbonyl (C=O) groups excluding carboxylic acids is 1. The van der Waals surface area contributed by atoms with Gasteiger partial charge in [-0.15, -0.1) is 24.0 Å². The molecule has 5 nitrogen and oxygen atoms in total. The third-order valence-electron chi connectivity index (χ3n) is 2.63. The SMILES string of the molecule is CCCN=C(NCC)NCCNC(=O)c1cccc(Br)c1.I. The summed E-state index contributed by atoms with van der Waals surface area (Å²) in [4.78, 5) is 16.3. The van der Waals surface area contributed by atoms with Crippen LogP contribution in [0.3, 0.4) is 0 Å². The van der Waals surface area contributed by atoms with Gasteiger partial charge in [0.2, 0.25) is 0 Å². The minimum absolute atomic E-state index is 0. The van der Waals surface area contributed by atoms with Crippen LogP contribution < -0.4 is 16.0 Å². The largest absolute Gasteiger partial charge is 0.357 e. The predicted octanol–water partition coefficient (Wildman–Crippen LogP) is 2.76. The third kappa shape index (κ3) is 8.57. The normalized spacial score (nSPS) is 10.6. The molecule has 1 rings (SSSR count). The van der Waals surface area contributed by atoms with Crippen molar-refractivity contribution in [3.8, 4) is 0 Å². The van der Waals surface area contributed by atoms with E-state index in [0.29, 0.717) is 18.7 Å². The summed E-state index contributed by atoms with van der Waals surface area (Å²) in [6.45, 7) is 6.90. The second-order valence-electron chi connectivity index (χ2n) is 4.45. The van der Waals surface area contributed by atoms with E-state index in [1.54, 1.807) is 12.1 Å². The minimum Gasteiger partial charge on any atom is -0.357 e. The van der Waals surface area contributed by atoms with Crippen LogP contribution >= 0.6 is 39.9 Å². The third-order valence-corrected chi connectivity index (χ3v) is 3.12. The topological polar surface area (TPSA) is 65.5 Å². The zero-order valence-corrected chi connectivity index (χ0v) is 16.9. The van der Waals surface area contributed by atoms with Crippen LogP contribution in [0.25, 0.3) is 0 Å². The number of rotatable bonds is 7. The van der Waals surface area contributed by atoms with Crippen molar-refractivity contribution >= 4 is 51.8 Å². The lowest BCUT2D eigenvalue weighted by Gasteiger charge is -2.11. The number of nitrogens with zero attached hydrogens (tertiary/aromatic N) is 1. The van der Waals surface area contributed by atoms with Gasteiger partial charge >= 0.3 is 0 Å². The summed E-state index contributed by atoms with van der Waals surface area (Å²) in [5.41, 5.74) is 0.649.